The molecule has 0 fully saturated rings. The average Bonchev–Trinajstić information content (AvgIpc) is 2.48. The lowest BCUT2D eigenvalue weighted by atomic mass is 10.1. The fourth-order valence-electron chi connectivity index (χ4n) is 2.13. The standard InChI is InChI=1S/C14H11Br2N5O/c1-22-9-3-2-8(15)10(11(9)16)7-4-6-5-19-14(18)21-13(6)20-12(7)17/h2-5H,1H3,(H4,17,18,19,20,21). The maximum atomic E-state index is 6.10. The molecule has 1 aromatic carbocycles. The largest absolute Gasteiger partial charge is 0.496 e. The zero-order valence-electron chi connectivity index (χ0n) is 11.5. The number of methoxy groups -OCH3 is 1. The van der Waals surface area contributed by atoms with Gasteiger partial charge in [-0.2, -0.15) is 4.98 Å². The molecule has 8 heteroatoms. The molecule has 3 rings (SSSR count). The molecule has 0 saturated carbocycles. The van der Waals surface area contributed by atoms with Gasteiger partial charge in [0.25, 0.3) is 0 Å². The molecule has 0 amide bonds. The van der Waals surface area contributed by atoms with Crippen LogP contribution < -0.4 is 16.2 Å². The third-order valence-electron chi connectivity index (χ3n) is 3.16. The highest BCUT2D eigenvalue weighted by atomic mass is 79.9. The maximum absolute atomic E-state index is 6.10. The maximum Gasteiger partial charge on any atom is 0.222 e. The molecule has 0 saturated heterocycles. The van der Waals surface area contributed by atoms with E-state index in [0.717, 1.165) is 25.5 Å². The second-order valence-corrected chi connectivity index (χ2v) is 6.15. The molecular weight excluding hydrogens is 414 g/mol. The minimum absolute atomic E-state index is 0.163. The molecule has 4 N–H and O–H groups in total. The molecule has 0 aliphatic heterocycles. The van der Waals surface area contributed by atoms with Crippen molar-refractivity contribution in [1.82, 2.24) is 15.0 Å². The highest BCUT2D eigenvalue weighted by Gasteiger charge is 2.17. The lowest BCUT2D eigenvalue weighted by Crippen LogP contribution is -2.01. The summed E-state index contributed by atoms with van der Waals surface area (Å²) in [7, 11) is 1.61. The van der Waals surface area contributed by atoms with Crippen LogP contribution >= 0.6 is 31.9 Å². The Morgan fingerprint density at radius 3 is 2.64 bits per heavy atom. The van der Waals surface area contributed by atoms with Crippen molar-refractivity contribution < 1.29 is 4.74 Å². The van der Waals surface area contributed by atoms with Gasteiger partial charge in [-0.05, 0) is 34.1 Å². The third-order valence-corrected chi connectivity index (χ3v) is 4.61. The first-order valence-electron chi connectivity index (χ1n) is 6.22. The van der Waals surface area contributed by atoms with E-state index in [1.807, 2.05) is 18.2 Å². The van der Waals surface area contributed by atoms with Crippen LogP contribution in [0.3, 0.4) is 0 Å². The number of nitrogens with zero attached hydrogens (tertiary/aromatic N) is 3. The zero-order valence-corrected chi connectivity index (χ0v) is 14.6. The van der Waals surface area contributed by atoms with Gasteiger partial charge < -0.3 is 16.2 Å². The van der Waals surface area contributed by atoms with E-state index >= 15 is 0 Å². The van der Waals surface area contributed by atoms with Crippen molar-refractivity contribution in [2.45, 2.75) is 0 Å². The Morgan fingerprint density at radius 2 is 1.91 bits per heavy atom. The topological polar surface area (TPSA) is 99.9 Å². The first-order chi connectivity index (χ1) is 10.5. The molecule has 22 heavy (non-hydrogen) atoms. The number of aromatic nitrogens is 3. The number of nitrogens with two attached hydrogens (primary N) is 2. The van der Waals surface area contributed by atoms with Crippen LogP contribution in [0.5, 0.6) is 5.75 Å². The summed E-state index contributed by atoms with van der Waals surface area (Å²) < 4.78 is 6.99. The van der Waals surface area contributed by atoms with Gasteiger partial charge in [0.1, 0.15) is 11.6 Å². The highest BCUT2D eigenvalue weighted by molar-refractivity contribution is 9.11. The summed E-state index contributed by atoms with van der Waals surface area (Å²) in [6, 6.07) is 5.62. The van der Waals surface area contributed by atoms with Crippen molar-refractivity contribution in [3.63, 3.8) is 0 Å². The SMILES string of the molecule is COc1ccc(Br)c(-c2cc3cnc(N)nc3nc2N)c1Br. The predicted molar refractivity (Wildman–Crippen MR) is 93.5 cm³/mol. The van der Waals surface area contributed by atoms with Gasteiger partial charge in [-0.15, -0.1) is 0 Å². The summed E-state index contributed by atoms with van der Waals surface area (Å²) in [6.45, 7) is 0. The number of hydrogen-bond donors (Lipinski definition) is 2. The van der Waals surface area contributed by atoms with Crippen molar-refractivity contribution >= 4 is 54.7 Å². The number of rotatable bonds is 2. The van der Waals surface area contributed by atoms with Crippen molar-refractivity contribution in [1.29, 1.82) is 0 Å². The van der Waals surface area contributed by atoms with E-state index in [1.165, 1.54) is 0 Å². The molecule has 2 heterocycles. The third kappa shape index (κ3) is 2.48. The van der Waals surface area contributed by atoms with Gasteiger partial charge in [-0.1, -0.05) is 15.9 Å². The van der Waals surface area contributed by atoms with Crippen molar-refractivity contribution in [3.05, 3.63) is 33.3 Å². The minimum atomic E-state index is 0.163. The van der Waals surface area contributed by atoms with Crippen LogP contribution in [-0.4, -0.2) is 22.1 Å². The van der Waals surface area contributed by atoms with Crippen LogP contribution in [0.25, 0.3) is 22.2 Å². The first-order valence-corrected chi connectivity index (χ1v) is 7.81. The number of halogens is 2. The lowest BCUT2D eigenvalue weighted by Gasteiger charge is -2.13. The molecular formula is C14H11Br2N5O. The summed E-state index contributed by atoms with van der Waals surface area (Å²) in [6.07, 6.45) is 1.62. The van der Waals surface area contributed by atoms with E-state index in [-0.39, 0.29) is 5.95 Å². The van der Waals surface area contributed by atoms with E-state index in [2.05, 4.69) is 46.8 Å². The zero-order chi connectivity index (χ0) is 15.9. The molecule has 6 nitrogen and oxygen atoms in total. The van der Waals surface area contributed by atoms with Crippen LogP contribution in [0, 0.1) is 0 Å². The Kier molecular flexibility index (Phi) is 3.88. The van der Waals surface area contributed by atoms with Gasteiger partial charge in [0.15, 0.2) is 5.65 Å². The number of hydrogen-bond acceptors (Lipinski definition) is 6. The summed E-state index contributed by atoms with van der Waals surface area (Å²) in [5, 5.41) is 0.750. The Balaban J connectivity index is 2.31. The van der Waals surface area contributed by atoms with Gasteiger partial charge in [0.05, 0.1) is 11.6 Å². The lowest BCUT2D eigenvalue weighted by molar-refractivity contribution is 0.412. The van der Waals surface area contributed by atoms with Gasteiger partial charge in [-0.3, -0.25) is 0 Å². The van der Waals surface area contributed by atoms with E-state index in [1.54, 1.807) is 13.3 Å². The second-order valence-electron chi connectivity index (χ2n) is 4.50. The molecule has 2 aromatic heterocycles. The quantitative estimate of drug-likeness (QED) is 0.653. The molecule has 112 valence electrons. The monoisotopic (exact) mass is 423 g/mol. The number of benzene rings is 1. The van der Waals surface area contributed by atoms with Crippen molar-refractivity contribution in [2.75, 3.05) is 18.6 Å². The number of pyridine rings is 1. The van der Waals surface area contributed by atoms with E-state index in [9.17, 15) is 0 Å². The molecule has 0 bridgehead atoms. The molecule has 0 aliphatic rings. The molecule has 0 unspecified atom stereocenters. The van der Waals surface area contributed by atoms with E-state index < -0.39 is 0 Å². The Morgan fingerprint density at radius 1 is 1.14 bits per heavy atom. The highest BCUT2D eigenvalue weighted by Crippen LogP contribution is 2.43. The Labute approximate surface area is 143 Å². The summed E-state index contributed by atoms with van der Waals surface area (Å²) in [5.74, 6) is 1.21. The van der Waals surface area contributed by atoms with Crippen LogP contribution in [-0.2, 0) is 0 Å². The minimum Gasteiger partial charge on any atom is -0.496 e. The fraction of sp³-hybridized carbons (Fsp3) is 0.0714. The number of ether oxygens (including phenoxy) is 1. The van der Waals surface area contributed by atoms with Crippen molar-refractivity contribution in [3.8, 4) is 16.9 Å². The van der Waals surface area contributed by atoms with E-state index in [0.29, 0.717) is 17.2 Å². The smallest absolute Gasteiger partial charge is 0.222 e. The van der Waals surface area contributed by atoms with Gasteiger partial charge in [0.2, 0.25) is 5.95 Å². The number of anilines is 2. The van der Waals surface area contributed by atoms with Crippen LogP contribution in [0.1, 0.15) is 0 Å². The van der Waals surface area contributed by atoms with Crippen molar-refractivity contribution in [2.24, 2.45) is 0 Å². The summed E-state index contributed by atoms with van der Waals surface area (Å²) in [4.78, 5) is 12.4. The molecule has 3 aromatic rings. The average molecular weight is 425 g/mol. The second kappa shape index (κ2) is 5.69. The predicted octanol–water partition coefficient (Wildman–Crippen LogP) is 3.39. The van der Waals surface area contributed by atoms with Gasteiger partial charge in [0, 0.05) is 27.2 Å². The molecule has 0 aliphatic carbocycles. The van der Waals surface area contributed by atoms with Crippen LogP contribution in [0.15, 0.2) is 33.3 Å². The fourth-order valence-corrected chi connectivity index (χ4v) is 3.66. The van der Waals surface area contributed by atoms with Crippen LogP contribution in [0.4, 0.5) is 11.8 Å². The van der Waals surface area contributed by atoms with Gasteiger partial charge >= 0.3 is 0 Å². The number of nitrogen functional groups attached to an aromatic ring is 2. The summed E-state index contributed by atoms with van der Waals surface area (Å²) >= 11 is 7.09. The molecule has 0 atom stereocenters. The Hall–Kier alpha value is -1.93. The Bertz CT molecular complexity index is 885. The molecule has 0 spiro atoms. The first kappa shape index (κ1) is 15.0. The normalized spacial score (nSPS) is 10.9. The summed E-state index contributed by atoms with van der Waals surface area (Å²) in [5.41, 5.74) is 13.7. The number of fused-ring (bicyclic) bond motifs is 1. The van der Waals surface area contributed by atoms with Gasteiger partial charge in [-0.25, -0.2) is 9.97 Å². The van der Waals surface area contributed by atoms with Crippen LogP contribution in [0.2, 0.25) is 0 Å². The van der Waals surface area contributed by atoms with E-state index in [4.69, 9.17) is 16.2 Å². The molecule has 0 radical (unpaired) electrons.